The van der Waals surface area contributed by atoms with Gasteiger partial charge in [0.25, 0.3) is 0 Å². The van der Waals surface area contributed by atoms with Crippen LogP contribution in [0.5, 0.6) is 0 Å². The first-order valence-corrected chi connectivity index (χ1v) is 4.11. The molecule has 1 rings (SSSR count). The van der Waals surface area contributed by atoms with Crippen LogP contribution in [0.15, 0.2) is 23.8 Å². The lowest BCUT2D eigenvalue weighted by molar-refractivity contribution is -0.0893. The Balaban J connectivity index is 2.93. The lowest BCUT2D eigenvalue weighted by Gasteiger charge is -2.31. The van der Waals surface area contributed by atoms with Crippen LogP contribution < -0.4 is 5.32 Å². The molecule has 0 aromatic rings. The minimum atomic E-state index is -4.48. The maximum atomic E-state index is 13.3. The Morgan fingerprint density at radius 2 is 2.00 bits per heavy atom. The number of alkyl halides is 4. The molecule has 0 saturated carbocycles. The Kier molecular flexibility index (Phi) is 2.71. The van der Waals surface area contributed by atoms with E-state index in [4.69, 9.17) is 0 Å². The summed E-state index contributed by atoms with van der Waals surface area (Å²) in [4.78, 5) is 0. The van der Waals surface area contributed by atoms with Gasteiger partial charge in [-0.1, -0.05) is 12.2 Å². The Labute approximate surface area is 79.5 Å². The summed E-state index contributed by atoms with van der Waals surface area (Å²) in [6, 6.07) is 0. The van der Waals surface area contributed by atoms with Crippen LogP contribution in [-0.2, 0) is 0 Å². The van der Waals surface area contributed by atoms with Gasteiger partial charge >= 0.3 is 6.18 Å². The molecule has 5 heteroatoms. The zero-order valence-corrected chi connectivity index (χ0v) is 7.82. The topological polar surface area (TPSA) is 12.0 Å². The molecule has 2 unspecified atom stereocenters. The van der Waals surface area contributed by atoms with E-state index in [1.807, 2.05) is 0 Å². The van der Waals surface area contributed by atoms with Crippen LogP contribution in [-0.4, -0.2) is 24.9 Å². The van der Waals surface area contributed by atoms with E-state index in [0.717, 1.165) is 6.08 Å². The molecule has 0 aromatic carbocycles. The van der Waals surface area contributed by atoms with Crippen molar-refractivity contribution in [2.75, 3.05) is 7.05 Å². The molecule has 0 spiro atoms. The number of halogens is 4. The van der Waals surface area contributed by atoms with Crippen LogP contribution in [0.3, 0.4) is 0 Å². The Morgan fingerprint density at radius 1 is 1.43 bits per heavy atom. The van der Waals surface area contributed by atoms with Crippen molar-refractivity contribution in [3.05, 3.63) is 23.8 Å². The second kappa shape index (κ2) is 3.38. The van der Waals surface area contributed by atoms with Gasteiger partial charge in [0.15, 0.2) is 0 Å². The van der Waals surface area contributed by atoms with E-state index in [-0.39, 0.29) is 0 Å². The highest BCUT2D eigenvalue weighted by atomic mass is 19.4. The molecule has 0 radical (unpaired) electrons. The molecular formula is C9H11F4N. The fourth-order valence-corrected chi connectivity index (χ4v) is 1.15. The molecule has 0 amide bonds. The smallest absolute Gasteiger partial charge is 0.308 e. The second-order valence-electron chi connectivity index (χ2n) is 3.39. The minimum absolute atomic E-state index is 0.594. The molecule has 0 fully saturated rings. The van der Waals surface area contributed by atoms with Crippen molar-refractivity contribution < 1.29 is 17.6 Å². The zero-order chi connectivity index (χ0) is 11.0. The lowest BCUT2D eigenvalue weighted by atomic mass is 9.89. The van der Waals surface area contributed by atoms with E-state index >= 15 is 0 Å². The molecule has 1 aliphatic rings. The molecule has 2 atom stereocenters. The highest BCUT2D eigenvalue weighted by molar-refractivity contribution is 5.35. The number of rotatable bonds is 1. The normalized spacial score (nSPS) is 33.0. The quantitative estimate of drug-likeness (QED) is 0.654. The molecular weight excluding hydrogens is 198 g/mol. The number of likely N-dealkylation sites (N-methyl/N-ethyl adjacent to an activating group) is 1. The van der Waals surface area contributed by atoms with E-state index in [0.29, 0.717) is 6.08 Å². The molecule has 1 nitrogen and oxygen atoms in total. The first kappa shape index (κ1) is 11.2. The predicted octanol–water partition coefficient (Wildman–Crippen LogP) is 2.36. The summed E-state index contributed by atoms with van der Waals surface area (Å²) < 4.78 is 49.8. The van der Waals surface area contributed by atoms with Crippen molar-refractivity contribution in [1.82, 2.24) is 5.32 Å². The largest absolute Gasteiger partial charge is 0.416 e. The summed E-state index contributed by atoms with van der Waals surface area (Å²) in [5, 5.41) is 2.63. The van der Waals surface area contributed by atoms with Crippen LogP contribution in [0.4, 0.5) is 17.6 Å². The SMILES string of the molecule is CNC1(C)C=CC(C(F)(F)F)=CC1F. The monoisotopic (exact) mass is 209 g/mol. The lowest BCUT2D eigenvalue weighted by Crippen LogP contribution is -2.47. The Bertz CT molecular complexity index is 279. The Morgan fingerprint density at radius 3 is 2.36 bits per heavy atom. The summed E-state index contributed by atoms with van der Waals surface area (Å²) in [6.07, 6.45) is -3.46. The van der Waals surface area contributed by atoms with Crippen molar-refractivity contribution in [3.8, 4) is 0 Å². The minimum Gasteiger partial charge on any atom is -0.308 e. The van der Waals surface area contributed by atoms with Gasteiger partial charge in [0.1, 0.15) is 6.17 Å². The maximum Gasteiger partial charge on any atom is 0.416 e. The van der Waals surface area contributed by atoms with Crippen LogP contribution in [0.1, 0.15) is 6.92 Å². The number of allylic oxidation sites excluding steroid dienone is 2. The molecule has 0 aliphatic heterocycles. The van der Waals surface area contributed by atoms with E-state index in [9.17, 15) is 17.6 Å². The second-order valence-corrected chi connectivity index (χ2v) is 3.39. The maximum absolute atomic E-state index is 13.3. The van der Waals surface area contributed by atoms with Crippen LogP contribution in [0.2, 0.25) is 0 Å². The fraction of sp³-hybridized carbons (Fsp3) is 0.556. The average molecular weight is 209 g/mol. The molecule has 0 heterocycles. The highest BCUT2D eigenvalue weighted by Crippen LogP contribution is 2.33. The number of nitrogens with one attached hydrogen (secondary N) is 1. The summed E-state index contributed by atoms with van der Waals surface area (Å²) in [5.74, 6) is 0. The first-order valence-electron chi connectivity index (χ1n) is 4.11. The predicted molar refractivity (Wildman–Crippen MR) is 45.6 cm³/mol. The summed E-state index contributed by atoms with van der Waals surface area (Å²) in [6.45, 7) is 1.50. The van der Waals surface area contributed by atoms with Gasteiger partial charge in [-0.15, -0.1) is 0 Å². The van der Waals surface area contributed by atoms with E-state index in [1.165, 1.54) is 20.0 Å². The molecule has 0 aromatic heterocycles. The third-order valence-corrected chi connectivity index (χ3v) is 2.37. The molecule has 1 aliphatic carbocycles. The van der Waals surface area contributed by atoms with Crippen molar-refractivity contribution in [3.63, 3.8) is 0 Å². The fourth-order valence-electron chi connectivity index (χ4n) is 1.15. The third kappa shape index (κ3) is 1.97. The van der Waals surface area contributed by atoms with E-state index < -0.39 is 23.5 Å². The first-order chi connectivity index (χ1) is 6.29. The van der Waals surface area contributed by atoms with Crippen molar-refractivity contribution in [2.45, 2.75) is 24.8 Å². The van der Waals surface area contributed by atoms with Crippen molar-refractivity contribution >= 4 is 0 Å². The summed E-state index contributed by atoms with van der Waals surface area (Å²) in [5.41, 5.74) is -1.98. The Hall–Kier alpha value is -0.840. The highest BCUT2D eigenvalue weighted by Gasteiger charge is 2.39. The van der Waals surface area contributed by atoms with Crippen molar-refractivity contribution in [2.24, 2.45) is 0 Å². The van der Waals surface area contributed by atoms with Gasteiger partial charge in [-0.05, 0) is 20.0 Å². The van der Waals surface area contributed by atoms with Gasteiger partial charge < -0.3 is 5.32 Å². The average Bonchev–Trinajstić information content (AvgIpc) is 2.08. The van der Waals surface area contributed by atoms with Gasteiger partial charge in [0, 0.05) is 0 Å². The van der Waals surface area contributed by atoms with E-state index in [2.05, 4.69) is 5.32 Å². The summed E-state index contributed by atoms with van der Waals surface area (Å²) in [7, 11) is 1.50. The van der Waals surface area contributed by atoms with Crippen LogP contribution >= 0.6 is 0 Å². The van der Waals surface area contributed by atoms with E-state index in [1.54, 1.807) is 0 Å². The molecule has 80 valence electrons. The van der Waals surface area contributed by atoms with Crippen LogP contribution in [0.25, 0.3) is 0 Å². The number of hydrogen-bond donors (Lipinski definition) is 1. The summed E-state index contributed by atoms with van der Waals surface area (Å²) >= 11 is 0. The van der Waals surface area contributed by atoms with Crippen molar-refractivity contribution in [1.29, 1.82) is 0 Å². The zero-order valence-electron chi connectivity index (χ0n) is 7.82. The molecule has 1 N–H and O–H groups in total. The standard InChI is InChI=1S/C9H11F4N/c1-8(14-2)4-3-6(5-7(8)10)9(11,12)13/h3-5,7,14H,1-2H3. The van der Waals surface area contributed by atoms with Gasteiger partial charge in [0.2, 0.25) is 0 Å². The molecule has 0 bridgehead atoms. The van der Waals surface area contributed by atoms with Gasteiger partial charge in [-0.3, -0.25) is 0 Å². The van der Waals surface area contributed by atoms with Gasteiger partial charge in [-0.25, -0.2) is 4.39 Å². The molecule has 0 saturated heterocycles. The third-order valence-electron chi connectivity index (χ3n) is 2.37. The number of hydrogen-bond acceptors (Lipinski definition) is 1. The molecule has 14 heavy (non-hydrogen) atoms. The van der Waals surface area contributed by atoms with Gasteiger partial charge in [0.05, 0.1) is 11.1 Å². The van der Waals surface area contributed by atoms with Crippen LogP contribution in [0, 0.1) is 0 Å². The van der Waals surface area contributed by atoms with Gasteiger partial charge in [-0.2, -0.15) is 13.2 Å².